The maximum absolute atomic E-state index is 13.1. The van der Waals surface area contributed by atoms with Crippen LogP contribution in [0.4, 0.5) is 0 Å². The van der Waals surface area contributed by atoms with E-state index in [1.807, 2.05) is 0 Å². The lowest BCUT2D eigenvalue weighted by Gasteiger charge is -2.32. The molecule has 0 spiro atoms. The van der Waals surface area contributed by atoms with Gasteiger partial charge in [-0.05, 0) is 174 Å². The third kappa shape index (κ3) is 53.4. The van der Waals surface area contributed by atoms with Gasteiger partial charge in [-0.3, -0.25) is 19.2 Å². The molecule has 0 saturated carbocycles. The summed E-state index contributed by atoms with van der Waals surface area (Å²) in [4.78, 5) is 62.0. The van der Waals surface area contributed by atoms with Crippen LogP contribution < -0.4 is 0 Å². The number of hydrogen-bond donors (Lipinski definition) is 0. The number of carbonyl (C=O) groups excluding carboxylic acids is 4. The van der Waals surface area contributed by atoms with Crippen LogP contribution >= 0.6 is 0 Å². The third-order valence-electron chi connectivity index (χ3n) is 15.6. The molecule has 0 N–H and O–H groups in total. The second-order valence-electron chi connectivity index (χ2n) is 23.2. The van der Waals surface area contributed by atoms with Crippen LogP contribution in [0.1, 0.15) is 272 Å². The lowest BCUT2D eigenvalue weighted by Crippen LogP contribution is -2.42. The summed E-state index contributed by atoms with van der Waals surface area (Å²) >= 11 is 0. The van der Waals surface area contributed by atoms with Crippen molar-refractivity contribution in [2.75, 3.05) is 105 Å². The van der Waals surface area contributed by atoms with Gasteiger partial charge in [0, 0.05) is 52.4 Å². The molecule has 0 aromatic rings. The Bertz CT molecular complexity index is 1590. The monoisotopic (exact) mass is 1150 g/mol. The Morgan fingerprint density at radius 3 is 0.707 bits per heavy atom. The minimum absolute atomic E-state index is 0.150. The van der Waals surface area contributed by atoms with Gasteiger partial charge in [0.2, 0.25) is 0 Å². The highest BCUT2D eigenvalue weighted by Crippen LogP contribution is 2.12. The van der Waals surface area contributed by atoms with Crippen molar-refractivity contribution < 1.29 is 38.1 Å². The van der Waals surface area contributed by atoms with Gasteiger partial charge in [0.1, 0.15) is 0 Å². The largest absolute Gasteiger partial charge is 0.466 e. The zero-order chi connectivity index (χ0) is 59.3. The molecule has 1 rings (SSSR count). The molecule has 0 aromatic carbocycles. The Labute approximate surface area is 504 Å². The van der Waals surface area contributed by atoms with Crippen molar-refractivity contribution in [3.8, 4) is 0 Å². The molecule has 12 nitrogen and oxygen atoms in total. The smallest absolute Gasteiger partial charge is 0.307 e. The summed E-state index contributed by atoms with van der Waals surface area (Å²) in [6.07, 6.45) is 58.0. The van der Waals surface area contributed by atoms with E-state index in [1.165, 1.54) is 96.3 Å². The average Bonchev–Trinajstić information content (AvgIpc) is 3.47. The van der Waals surface area contributed by atoms with Gasteiger partial charge in [-0.2, -0.15) is 0 Å². The molecule has 1 saturated heterocycles. The summed E-state index contributed by atoms with van der Waals surface area (Å²) in [5.41, 5.74) is 0. The van der Waals surface area contributed by atoms with Crippen molar-refractivity contribution >= 4 is 23.9 Å². The van der Waals surface area contributed by atoms with Crippen LogP contribution in [0.3, 0.4) is 0 Å². The fourth-order valence-electron chi connectivity index (χ4n) is 10.1. The Kier molecular flexibility index (Phi) is 56.9. The topological polar surface area (TPSA) is 118 Å². The highest BCUT2D eigenvalue weighted by Gasteiger charge is 2.19. The van der Waals surface area contributed by atoms with Gasteiger partial charge in [-0.1, -0.05) is 147 Å². The van der Waals surface area contributed by atoms with Crippen molar-refractivity contribution in [2.24, 2.45) is 0 Å². The lowest BCUT2D eigenvalue weighted by molar-refractivity contribution is -0.145. The Morgan fingerprint density at radius 1 is 0.268 bits per heavy atom. The van der Waals surface area contributed by atoms with Crippen molar-refractivity contribution in [1.29, 1.82) is 0 Å². The molecule has 0 amide bonds. The summed E-state index contributed by atoms with van der Waals surface area (Å²) in [5, 5.41) is 0. The lowest BCUT2D eigenvalue weighted by atomic mass is 10.1. The summed E-state index contributed by atoms with van der Waals surface area (Å²) < 4.78 is 22.9. The Morgan fingerprint density at radius 2 is 0.463 bits per heavy atom. The van der Waals surface area contributed by atoms with E-state index in [9.17, 15) is 19.2 Å². The molecule has 0 bridgehead atoms. The number of carbonyl (C=O) groups is 4. The average molecular weight is 1150 g/mol. The van der Waals surface area contributed by atoms with E-state index in [1.54, 1.807) is 0 Å². The minimum atomic E-state index is -0.154. The first-order chi connectivity index (χ1) is 40.3. The number of hydrogen-bond acceptors (Lipinski definition) is 12. The summed E-state index contributed by atoms with van der Waals surface area (Å²) in [6.45, 7) is 19.4. The third-order valence-corrected chi connectivity index (χ3v) is 15.6. The first-order valence-electron chi connectivity index (χ1n) is 34.4. The van der Waals surface area contributed by atoms with Crippen molar-refractivity contribution in [1.82, 2.24) is 19.6 Å². The number of allylic oxidation sites excluding steroid dienone is 8. The Balaban J connectivity index is 2.99. The highest BCUT2D eigenvalue weighted by molar-refractivity contribution is 5.70. The second-order valence-corrected chi connectivity index (χ2v) is 23.2. The van der Waals surface area contributed by atoms with Crippen LogP contribution in [0.15, 0.2) is 48.6 Å². The van der Waals surface area contributed by atoms with Crippen LogP contribution in [-0.4, -0.2) is 148 Å². The highest BCUT2D eigenvalue weighted by atomic mass is 16.5. The molecule has 0 atom stereocenters. The zero-order valence-corrected chi connectivity index (χ0v) is 53.9. The molecule has 0 radical (unpaired) electrons. The molecular formula is C70H128N4O8. The van der Waals surface area contributed by atoms with Gasteiger partial charge in [0.25, 0.3) is 0 Å². The summed E-state index contributed by atoms with van der Waals surface area (Å²) in [5.74, 6) is -0.612. The molecule has 1 aliphatic heterocycles. The van der Waals surface area contributed by atoms with Crippen molar-refractivity contribution in [3.05, 3.63) is 48.6 Å². The quantitative estimate of drug-likeness (QED) is 0.0250. The van der Waals surface area contributed by atoms with Crippen LogP contribution in [0.2, 0.25) is 0 Å². The molecule has 1 aliphatic rings. The Hall–Kier alpha value is -3.32. The summed E-state index contributed by atoms with van der Waals surface area (Å²) in [6, 6.07) is 0. The van der Waals surface area contributed by atoms with Crippen LogP contribution in [0.25, 0.3) is 0 Å². The maximum atomic E-state index is 13.1. The molecule has 0 aromatic heterocycles. The summed E-state index contributed by atoms with van der Waals surface area (Å²) in [7, 11) is 0. The van der Waals surface area contributed by atoms with E-state index in [0.717, 1.165) is 174 Å². The molecular weight excluding hydrogens is 1020 g/mol. The normalized spacial score (nSPS) is 15.1. The van der Waals surface area contributed by atoms with Crippen molar-refractivity contribution in [2.45, 2.75) is 272 Å². The first kappa shape index (κ1) is 76.7. The standard InChI is InChI=1S/C70H128N4O8/c1-5-9-13-17-21-25-29-33-37-41-63-79-67(75)47-55-71-51-45-52-73(57-49-69(77)81-65-43-39-35-31-27-23-19-15-11-7-3)61-62-74(58-50-70(78)82-66-44-40-36-32-28-24-20-16-12-8-4)54-46-53-72(60-59-71)56-48-68(76)80-64-42-38-34-30-26-22-18-14-10-6-2/h21,25-28,30-32H,5-20,22-24,29,33-66H2,1-4H3/b25-21-,30-26-,31-27-,32-28-. The van der Waals surface area contributed by atoms with E-state index in [0.29, 0.717) is 78.3 Å². The predicted octanol–water partition coefficient (Wildman–Crippen LogP) is 16.5. The molecule has 476 valence electrons. The molecule has 1 heterocycles. The van der Waals surface area contributed by atoms with Crippen molar-refractivity contribution in [3.63, 3.8) is 0 Å². The number of nitrogens with zero attached hydrogens (tertiary/aromatic N) is 4. The van der Waals surface area contributed by atoms with Gasteiger partial charge < -0.3 is 38.5 Å². The number of unbranched alkanes of at least 4 members (excludes halogenated alkanes) is 24. The van der Waals surface area contributed by atoms with Crippen LogP contribution in [0.5, 0.6) is 0 Å². The number of esters is 4. The molecule has 12 heteroatoms. The van der Waals surface area contributed by atoms with E-state index >= 15 is 0 Å². The second kappa shape index (κ2) is 60.8. The van der Waals surface area contributed by atoms with Gasteiger partial charge in [0.05, 0.1) is 52.1 Å². The SMILES string of the molecule is CCCCC/C=C\CCCCCOC(=O)CCN1CCCN(CCC(=O)OCCCC/C=C\CCCCCC)CCN(CCC(=O)OCCCC/C=C\CCCCCC)CCCN(CCC(=O)OCCCC/C=C\CCCCCC)CC1. The fraction of sp³-hybridized carbons (Fsp3) is 0.829. The van der Waals surface area contributed by atoms with E-state index < -0.39 is 0 Å². The fourth-order valence-corrected chi connectivity index (χ4v) is 10.1. The van der Waals surface area contributed by atoms with Gasteiger partial charge in [0.15, 0.2) is 0 Å². The first-order valence-corrected chi connectivity index (χ1v) is 34.4. The van der Waals surface area contributed by atoms with E-state index in [2.05, 4.69) is 95.9 Å². The molecule has 1 fully saturated rings. The van der Waals surface area contributed by atoms with Gasteiger partial charge >= 0.3 is 23.9 Å². The number of ether oxygens (including phenoxy) is 4. The van der Waals surface area contributed by atoms with Gasteiger partial charge in [-0.15, -0.1) is 0 Å². The van der Waals surface area contributed by atoms with E-state index in [-0.39, 0.29) is 23.9 Å². The molecule has 82 heavy (non-hydrogen) atoms. The zero-order valence-electron chi connectivity index (χ0n) is 53.9. The van der Waals surface area contributed by atoms with Crippen LogP contribution in [-0.2, 0) is 38.1 Å². The predicted molar refractivity (Wildman–Crippen MR) is 344 cm³/mol. The molecule has 0 unspecified atom stereocenters. The number of rotatable bonds is 52. The minimum Gasteiger partial charge on any atom is -0.466 e. The van der Waals surface area contributed by atoms with Gasteiger partial charge in [-0.25, -0.2) is 0 Å². The van der Waals surface area contributed by atoms with E-state index in [4.69, 9.17) is 18.9 Å². The van der Waals surface area contributed by atoms with Crippen LogP contribution in [0, 0.1) is 0 Å². The molecule has 0 aliphatic carbocycles. The maximum Gasteiger partial charge on any atom is 0.307 e.